The van der Waals surface area contributed by atoms with Crippen LogP contribution in [0.3, 0.4) is 0 Å². The maximum atomic E-state index is 11.9. The third kappa shape index (κ3) is 6.18. The zero-order valence-electron chi connectivity index (χ0n) is 14.8. The molecule has 1 aromatic heterocycles. The van der Waals surface area contributed by atoms with E-state index in [0.717, 1.165) is 38.2 Å². The monoisotopic (exact) mass is 308 g/mol. The van der Waals surface area contributed by atoms with E-state index in [0.29, 0.717) is 18.9 Å². The predicted octanol–water partition coefficient (Wildman–Crippen LogP) is 2.20. The zero-order chi connectivity index (χ0) is 16.5. The van der Waals surface area contributed by atoms with Crippen LogP contribution in [0.5, 0.6) is 0 Å². The molecule has 126 valence electrons. The average molecular weight is 308 g/mol. The van der Waals surface area contributed by atoms with Gasteiger partial charge in [0.15, 0.2) is 0 Å². The number of aryl methyl sites for hydroxylation is 1. The maximum Gasteiger partial charge on any atom is 0.220 e. The van der Waals surface area contributed by atoms with E-state index in [2.05, 4.69) is 48.1 Å². The predicted molar refractivity (Wildman–Crippen MR) is 91.0 cm³/mol. The van der Waals surface area contributed by atoms with Crippen molar-refractivity contribution in [2.45, 2.75) is 60.4 Å². The van der Waals surface area contributed by atoms with Crippen LogP contribution in [0.2, 0.25) is 0 Å². The van der Waals surface area contributed by atoms with Crippen LogP contribution in [0.25, 0.3) is 0 Å². The van der Waals surface area contributed by atoms with E-state index in [4.69, 9.17) is 0 Å². The number of hydrogen-bond acceptors (Lipinski definition) is 3. The number of carbonyl (C=O) groups excluding carboxylic acids is 1. The van der Waals surface area contributed by atoms with Crippen molar-refractivity contribution in [1.82, 2.24) is 20.4 Å². The van der Waals surface area contributed by atoms with Crippen molar-refractivity contribution in [3.8, 4) is 0 Å². The molecule has 0 aliphatic heterocycles. The number of carbonyl (C=O) groups is 1. The molecule has 0 fully saturated rings. The fraction of sp³-hybridized carbons (Fsp3) is 0.765. The second-order valence-corrected chi connectivity index (χ2v) is 6.33. The third-order valence-electron chi connectivity index (χ3n) is 3.72. The van der Waals surface area contributed by atoms with Crippen LogP contribution < -0.4 is 10.6 Å². The van der Waals surface area contributed by atoms with Crippen molar-refractivity contribution in [1.29, 1.82) is 0 Å². The summed E-state index contributed by atoms with van der Waals surface area (Å²) in [6, 6.07) is 0. The first-order chi connectivity index (χ1) is 10.5. The van der Waals surface area contributed by atoms with E-state index in [-0.39, 0.29) is 5.91 Å². The number of hydrogen-bond donors (Lipinski definition) is 2. The van der Waals surface area contributed by atoms with Gasteiger partial charge in [-0.3, -0.25) is 9.48 Å². The molecule has 2 N–H and O–H groups in total. The molecule has 0 atom stereocenters. The van der Waals surface area contributed by atoms with Crippen molar-refractivity contribution < 1.29 is 4.79 Å². The molecule has 0 radical (unpaired) electrons. The fourth-order valence-corrected chi connectivity index (χ4v) is 2.54. The normalized spacial score (nSPS) is 11.2. The van der Waals surface area contributed by atoms with Crippen LogP contribution in [0.4, 0.5) is 0 Å². The van der Waals surface area contributed by atoms with Crippen molar-refractivity contribution in [2.24, 2.45) is 5.92 Å². The van der Waals surface area contributed by atoms with E-state index >= 15 is 0 Å². The van der Waals surface area contributed by atoms with Gasteiger partial charge in [0.05, 0.1) is 5.69 Å². The minimum absolute atomic E-state index is 0.119. The number of aromatic nitrogens is 2. The first kappa shape index (κ1) is 18.7. The highest BCUT2D eigenvalue weighted by Crippen LogP contribution is 2.16. The number of amides is 1. The van der Waals surface area contributed by atoms with Crippen LogP contribution in [0.1, 0.15) is 50.6 Å². The molecule has 22 heavy (non-hydrogen) atoms. The van der Waals surface area contributed by atoms with Gasteiger partial charge in [-0.25, -0.2) is 0 Å². The maximum absolute atomic E-state index is 11.9. The summed E-state index contributed by atoms with van der Waals surface area (Å²) in [5.74, 6) is 0.693. The molecule has 5 nitrogen and oxygen atoms in total. The summed E-state index contributed by atoms with van der Waals surface area (Å²) in [5.41, 5.74) is 3.47. The molecule has 1 rings (SSSR count). The Bertz CT molecular complexity index is 465. The van der Waals surface area contributed by atoms with E-state index in [9.17, 15) is 4.79 Å². The minimum atomic E-state index is 0.119. The highest BCUT2D eigenvalue weighted by molar-refractivity contribution is 5.76. The number of nitrogens with zero attached hydrogens (tertiary/aromatic N) is 2. The molecule has 0 spiro atoms. The number of nitrogens with one attached hydrogen (secondary N) is 2. The van der Waals surface area contributed by atoms with E-state index in [1.165, 1.54) is 11.3 Å². The van der Waals surface area contributed by atoms with E-state index in [1.807, 2.05) is 6.92 Å². The summed E-state index contributed by atoms with van der Waals surface area (Å²) in [6.45, 7) is 14.1. The Hall–Kier alpha value is -1.36. The SMILES string of the molecule is CCCNCCNC(=O)CCc1c(C)nn(CC(C)C)c1C. The molecular weight excluding hydrogens is 276 g/mol. The lowest BCUT2D eigenvalue weighted by atomic mass is 10.1. The Kier molecular flexibility index (Phi) is 8.17. The summed E-state index contributed by atoms with van der Waals surface area (Å²) < 4.78 is 2.07. The highest BCUT2D eigenvalue weighted by atomic mass is 16.1. The van der Waals surface area contributed by atoms with Gasteiger partial charge in [0.1, 0.15) is 0 Å². The molecule has 1 amide bonds. The third-order valence-corrected chi connectivity index (χ3v) is 3.72. The summed E-state index contributed by atoms with van der Waals surface area (Å²) in [7, 11) is 0. The van der Waals surface area contributed by atoms with Gasteiger partial charge in [0, 0.05) is 31.7 Å². The molecule has 1 aromatic rings. The molecule has 0 aliphatic rings. The topological polar surface area (TPSA) is 58.9 Å². The van der Waals surface area contributed by atoms with Crippen molar-refractivity contribution >= 4 is 5.91 Å². The van der Waals surface area contributed by atoms with Crippen molar-refractivity contribution in [3.63, 3.8) is 0 Å². The lowest BCUT2D eigenvalue weighted by Crippen LogP contribution is -2.32. The van der Waals surface area contributed by atoms with Gasteiger partial charge in [-0.1, -0.05) is 20.8 Å². The summed E-state index contributed by atoms with van der Waals surface area (Å²) in [6.07, 6.45) is 2.42. The quantitative estimate of drug-likeness (QED) is 0.652. The lowest BCUT2D eigenvalue weighted by Gasteiger charge is -2.08. The van der Waals surface area contributed by atoms with Crippen LogP contribution in [0, 0.1) is 19.8 Å². The van der Waals surface area contributed by atoms with Gasteiger partial charge in [0.2, 0.25) is 5.91 Å². The van der Waals surface area contributed by atoms with Gasteiger partial charge in [-0.15, -0.1) is 0 Å². The van der Waals surface area contributed by atoms with Crippen molar-refractivity contribution in [2.75, 3.05) is 19.6 Å². The Morgan fingerprint density at radius 3 is 2.59 bits per heavy atom. The second-order valence-electron chi connectivity index (χ2n) is 6.33. The van der Waals surface area contributed by atoms with Crippen molar-refractivity contribution in [3.05, 3.63) is 17.0 Å². The molecule has 0 bridgehead atoms. The molecule has 0 aliphatic carbocycles. The highest BCUT2D eigenvalue weighted by Gasteiger charge is 2.13. The van der Waals surface area contributed by atoms with Gasteiger partial charge in [0.25, 0.3) is 0 Å². The van der Waals surface area contributed by atoms with Crippen LogP contribution in [0.15, 0.2) is 0 Å². The molecule has 0 aromatic carbocycles. The van der Waals surface area contributed by atoms with Crippen LogP contribution in [-0.4, -0.2) is 35.3 Å². The van der Waals surface area contributed by atoms with Gasteiger partial charge < -0.3 is 10.6 Å². The smallest absolute Gasteiger partial charge is 0.220 e. The molecule has 0 saturated heterocycles. The lowest BCUT2D eigenvalue weighted by molar-refractivity contribution is -0.121. The summed E-state index contributed by atoms with van der Waals surface area (Å²) in [4.78, 5) is 11.9. The first-order valence-corrected chi connectivity index (χ1v) is 8.46. The Morgan fingerprint density at radius 2 is 1.95 bits per heavy atom. The average Bonchev–Trinajstić information content (AvgIpc) is 2.70. The standard InChI is InChI=1S/C17H32N4O/c1-6-9-18-10-11-19-17(22)8-7-16-14(4)20-21(15(16)5)12-13(2)3/h13,18H,6-12H2,1-5H3,(H,19,22). The van der Waals surface area contributed by atoms with Gasteiger partial charge in [-0.05, 0) is 44.7 Å². The van der Waals surface area contributed by atoms with E-state index in [1.54, 1.807) is 0 Å². The zero-order valence-corrected chi connectivity index (χ0v) is 14.8. The van der Waals surface area contributed by atoms with Crippen LogP contribution >= 0.6 is 0 Å². The largest absolute Gasteiger partial charge is 0.355 e. The Labute approximate surface area is 134 Å². The van der Waals surface area contributed by atoms with E-state index < -0.39 is 0 Å². The molecule has 0 unspecified atom stereocenters. The Balaban J connectivity index is 2.41. The van der Waals surface area contributed by atoms with Gasteiger partial charge in [-0.2, -0.15) is 5.10 Å². The minimum Gasteiger partial charge on any atom is -0.355 e. The van der Waals surface area contributed by atoms with Gasteiger partial charge >= 0.3 is 0 Å². The van der Waals surface area contributed by atoms with Crippen LogP contribution in [-0.2, 0) is 17.8 Å². The molecular formula is C17H32N4O. The summed E-state index contributed by atoms with van der Waals surface area (Å²) in [5, 5.41) is 10.8. The Morgan fingerprint density at radius 1 is 1.23 bits per heavy atom. The second kappa shape index (κ2) is 9.62. The molecule has 5 heteroatoms. The molecule has 0 saturated carbocycles. The first-order valence-electron chi connectivity index (χ1n) is 8.46. The fourth-order valence-electron chi connectivity index (χ4n) is 2.54. The number of rotatable bonds is 10. The summed E-state index contributed by atoms with van der Waals surface area (Å²) >= 11 is 0. The molecule has 1 heterocycles.